The third kappa shape index (κ3) is 3.74. The number of hydrogen-bond donors (Lipinski definition) is 4. The molecule has 0 spiro atoms. The topological polar surface area (TPSA) is 156 Å². The first-order valence-electron chi connectivity index (χ1n) is 8.11. The summed E-state index contributed by atoms with van der Waals surface area (Å²) in [7, 11) is 0. The first kappa shape index (κ1) is 19.1. The van der Waals surface area contributed by atoms with Gasteiger partial charge in [0.15, 0.2) is 17.6 Å². The van der Waals surface area contributed by atoms with Crippen molar-refractivity contribution in [1.82, 2.24) is 0 Å². The molecule has 10 heteroatoms. The van der Waals surface area contributed by atoms with Crippen molar-refractivity contribution in [3.63, 3.8) is 0 Å². The standard InChI is InChI=1S/C17H18O10/c1-2-24-9-6-8-7(3-4-11(18)25-8)5-10(9)26-17-14(21)12(19)13(20)15(27-17)16(22)23/h3-6,12-15,17,19-21H,2H2,1H3,(H,22,23)/t12-,13-,14+,15-,17+/m0/s1. The summed E-state index contributed by atoms with van der Waals surface area (Å²) in [6.07, 6.45) is -8.71. The normalized spacial score (nSPS) is 28.1. The van der Waals surface area contributed by atoms with Gasteiger partial charge in [-0.3, -0.25) is 0 Å². The molecule has 0 saturated carbocycles. The molecule has 1 aliphatic rings. The Labute approximate surface area is 152 Å². The molecular weight excluding hydrogens is 364 g/mol. The van der Waals surface area contributed by atoms with Gasteiger partial charge in [0.2, 0.25) is 6.29 Å². The molecule has 27 heavy (non-hydrogen) atoms. The molecule has 3 rings (SSSR count). The fourth-order valence-corrected chi connectivity index (χ4v) is 2.71. The van der Waals surface area contributed by atoms with Crippen LogP contribution in [0.4, 0.5) is 0 Å². The van der Waals surface area contributed by atoms with E-state index in [1.54, 1.807) is 6.92 Å². The zero-order valence-electron chi connectivity index (χ0n) is 14.1. The number of aliphatic hydroxyl groups excluding tert-OH is 3. The van der Waals surface area contributed by atoms with Gasteiger partial charge in [-0.05, 0) is 19.1 Å². The van der Waals surface area contributed by atoms with E-state index in [2.05, 4.69) is 0 Å². The summed E-state index contributed by atoms with van der Waals surface area (Å²) in [5, 5.41) is 39.3. The highest BCUT2D eigenvalue weighted by atomic mass is 16.7. The third-order valence-electron chi connectivity index (χ3n) is 4.04. The lowest BCUT2D eigenvalue weighted by atomic mass is 9.99. The van der Waals surface area contributed by atoms with Crippen LogP contribution in [0.25, 0.3) is 11.0 Å². The van der Waals surface area contributed by atoms with Crippen LogP contribution < -0.4 is 15.1 Å². The van der Waals surface area contributed by atoms with Gasteiger partial charge in [0.05, 0.1) is 6.61 Å². The third-order valence-corrected chi connectivity index (χ3v) is 4.04. The van der Waals surface area contributed by atoms with Crippen molar-refractivity contribution in [2.75, 3.05) is 6.61 Å². The Hall–Kier alpha value is -2.66. The molecule has 5 atom stereocenters. The van der Waals surface area contributed by atoms with Gasteiger partial charge in [-0.25, -0.2) is 9.59 Å². The molecule has 0 bridgehead atoms. The largest absolute Gasteiger partial charge is 0.490 e. The molecule has 1 aromatic heterocycles. The lowest BCUT2D eigenvalue weighted by Gasteiger charge is -2.38. The Morgan fingerprint density at radius 3 is 2.52 bits per heavy atom. The van der Waals surface area contributed by atoms with Crippen LogP contribution in [0.3, 0.4) is 0 Å². The van der Waals surface area contributed by atoms with E-state index >= 15 is 0 Å². The summed E-state index contributed by atoms with van der Waals surface area (Å²) < 4.78 is 21.1. The van der Waals surface area contributed by atoms with Crippen molar-refractivity contribution >= 4 is 16.9 Å². The van der Waals surface area contributed by atoms with Crippen molar-refractivity contribution in [3.05, 3.63) is 34.7 Å². The quantitative estimate of drug-likeness (QED) is 0.495. The zero-order valence-corrected chi connectivity index (χ0v) is 14.1. The minimum atomic E-state index is -1.82. The SMILES string of the molecule is CCOc1cc2oc(=O)ccc2cc1O[C@@H]1O[C@H](C(=O)O)[C@@H](O)[C@H](O)[C@H]1O. The fraction of sp³-hybridized carbons (Fsp3) is 0.412. The number of carboxylic acid groups (broad SMARTS) is 1. The molecule has 1 aliphatic heterocycles. The summed E-state index contributed by atoms with van der Waals surface area (Å²) in [6.45, 7) is 1.95. The van der Waals surface area contributed by atoms with Crippen molar-refractivity contribution < 1.29 is 43.8 Å². The minimum absolute atomic E-state index is 0.0648. The van der Waals surface area contributed by atoms with Crippen LogP contribution in [0.15, 0.2) is 33.5 Å². The minimum Gasteiger partial charge on any atom is -0.490 e. The summed E-state index contributed by atoms with van der Waals surface area (Å²) in [4.78, 5) is 22.6. The molecule has 2 aromatic rings. The number of carboxylic acids is 1. The highest BCUT2D eigenvalue weighted by Crippen LogP contribution is 2.35. The smallest absolute Gasteiger partial charge is 0.336 e. The van der Waals surface area contributed by atoms with Gasteiger partial charge in [0.1, 0.15) is 23.9 Å². The Morgan fingerprint density at radius 1 is 1.11 bits per heavy atom. The second kappa shape index (κ2) is 7.53. The van der Waals surface area contributed by atoms with Crippen LogP contribution in [0.1, 0.15) is 6.92 Å². The molecular formula is C17H18O10. The molecule has 1 fully saturated rings. The number of aliphatic carboxylic acids is 1. The van der Waals surface area contributed by atoms with Crippen molar-refractivity contribution in [2.24, 2.45) is 0 Å². The van der Waals surface area contributed by atoms with Gasteiger partial charge >= 0.3 is 11.6 Å². The van der Waals surface area contributed by atoms with Gasteiger partial charge in [-0.1, -0.05) is 0 Å². The van der Waals surface area contributed by atoms with E-state index in [9.17, 15) is 24.9 Å². The van der Waals surface area contributed by atoms with Crippen molar-refractivity contribution in [2.45, 2.75) is 37.6 Å². The van der Waals surface area contributed by atoms with Gasteiger partial charge in [-0.15, -0.1) is 0 Å². The Morgan fingerprint density at radius 2 is 1.85 bits per heavy atom. The van der Waals surface area contributed by atoms with Crippen LogP contribution >= 0.6 is 0 Å². The van der Waals surface area contributed by atoms with Gasteiger partial charge < -0.3 is 39.1 Å². The van der Waals surface area contributed by atoms with E-state index < -0.39 is 42.3 Å². The van der Waals surface area contributed by atoms with E-state index in [1.807, 2.05) is 0 Å². The number of hydrogen-bond acceptors (Lipinski definition) is 9. The number of ether oxygens (including phenoxy) is 3. The fourth-order valence-electron chi connectivity index (χ4n) is 2.71. The van der Waals surface area contributed by atoms with Gasteiger partial charge in [-0.2, -0.15) is 0 Å². The molecule has 2 heterocycles. The predicted octanol–water partition coefficient (Wildman–Crippen LogP) is -0.537. The summed E-state index contributed by atoms with van der Waals surface area (Å²) in [6, 6.07) is 5.55. The van der Waals surface area contributed by atoms with Crippen LogP contribution in [-0.4, -0.2) is 63.7 Å². The lowest BCUT2D eigenvalue weighted by molar-refractivity contribution is -0.271. The highest BCUT2D eigenvalue weighted by Gasteiger charge is 2.48. The first-order chi connectivity index (χ1) is 12.8. The number of rotatable bonds is 5. The van der Waals surface area contributed by atoms with Crippen LogP contribution in [0.2, 0.25) is 0 Å². The van der Waals surface area contributed by atoms with Crippen molar-refractivity contribution in [3.8, 4) is 11.5 Å². The summed E-state index contributed by atoms with van der Waals surface area (Å²) in [5.41, 5.74) is -0.312. The Balaban J connectivity index is 1.96. The molecule has 4 N–H and O–H groups in total. The van der Waals surface area contributed by atoms with E-state index in [0.717, 1.165) is 0 Å². The van der Waals surface area contributed by atoms with E-state index in [-0.39, 0.29) is 23.7 Å². The molecule has 1 aromatic carbocycles. The number of fused-ring (bicyclic) bond motifs is 1. The Bertz CT molecular complexity index is 891. The van der Waals surface area contributed by atoms with E-state index in [1.165, 1.54) is 24.3 Å². The molecule has 146 valence electrons. The average molecular weight is 382 g/mol. The predicted molar refractivity (Wildman–Crippen MR) is 88.6 cm³/mol. The van der Waals surface area contributed by atoms with Crippen LogP contribution in [0, 0.1) is 0 Å². The molecule has 0 amide bonds. The van der Waals surface area contributed by atoms with Crippen molar-refractivity contribution in [1.29, 1.82) is 0 Å². The maximum absolute atomic E-state index is 11.4. The van der Waals surface area contributed by atoms with E-state index in [4.69, 9.17) is 23.7 Å². The maximum atomic E-state index is 11.4. The van der Waals surface area contributed by atoms with Crippen LogP contribution in [-0.2, 0) is 9.53 Å². The van der Waals surface area contributed by atoms with Crippen LogP contribution in [0.5, 0.6) is 11.5 Å². The van der Waals surface area contributed by atoms with Gasteiger partial charge in [0, 0.05) is 17.5 Å². The molecule has 0 aliphatic carbocycles. The molecule has 1 saturated heterocycles. The average Bonchev–Trinajstić information content (AvgIpc) is 2.62. The molecule has 10 nitrogen and oxygen atoms in total. The monoisotopic (exact) mass is 382 g/mol. The second-order valence-corrected chi connectivity index (χ2v) is 5.88. The summed E-state index contributed by atoms with van der Waals surface area (Å²) in [5.74, 6) is -1.30. The number of carbonyl (C=O) groups is 1. The number of benzene rings is 1. The van der Waals surface area contributed by atoms with Gasteiger partial charge in [0.25, 0.3) is 0 Å². The maximum Gasteiger partial charge on any atom is 0.336 e. The first-order valence-corrected chi connectivity index (χ1v) is 8.11. The second-order valence-electron chi connectivity index (χ2n) is 5.88. The highest BCUT2D eigenvalue weighted by molar-refractivity contribution is 5.80. The lowest BCUT2D eigenvalue weighted by Crippen LogP contribution is -2.61. The molecule has 0 radical (unpaired) electrons. The number of aliphatic hydroxyl groups is 3. The Kier molecular flexibility index (Phi) is 5.33. The van der Waals surface area contributed by atoms with E-state index in [0.29, 0.717) is 5.39 Å². The zero-order chi connectivity index (χ0) is 19.7. The summed E-state index contributed by atoms with van der Waals surface area (Å²) >= 11 is 0. The molecule has 0 unspecified atom stereocenters.